The number of benzene rings is 1. The lowest BCUT2D eigenvalue weighted by molar-refractivity contribution is -0.384. The quantitative estimate of drug-likeness (QED) is 0.638. The Morgan fingerprint density at radius 2 is 2.20 bits per heavy atom. The monoisotopic (exact) mass is 281 g/mol. The van der Waals surface area contributed by atoms with Gasteiger partial charge in [-0.2, -0.15) is 0 Å². The van der Waals surface area contributed by atoms with Crippen LogP contribution in [0, 0.1) is 21.3 Å². The first-order chi connectivity index (χ1) is 9.47. The molecule has 3 N–H and O–H groups in total. The molecule has 0 unspecified atom stereocenters. The molecule has 1 aliphatic carbocycles. The van der Waals surface area contributed by atoms with E-state index >= 15 is 0 Å². The number of hydrogen-bond donors (Lipinski definition) is 2. The molecule has 0 aliphatic heterocycles. The van der Waals surface area contributed by atoms with Gasteiger partial charge in [-0.1, -0.05) is 12.5 Å². The minimum Gasteiger partial charge on any atom is -0.330 e. The number of para-hydroxylation sites is 1. The highest BCUT2D eigenvalue weighted by Crippen LogP contribution is 2.43. The highest BCUT2D eigenvalue weighted by molar-refractivity contribution is 5.93. The number of nitrogens with two attached hydrogens (primary N) is 1. The molecule has 1 saturated carbocycles. The third-order valence-electron chi connectivity index (χ3n) is 3.84. The van der Waals surface area contributed by atoms with E-state index in [4.69, 9.17) is 5.73 Å². The molecule has 0 bridgehead atoms. The molecule has 0 spiro atoms. The highest BCUT2D eigenvalue weighted by Gasteiger charge is 2.38. The van der Waals surface area contributed by atoms with Gasteiger partial charge in [-0.3, -0.25) is 14.9 Å². The average Bonchev–Trinajstić information content (AvgIpc) is 2.36. The minimum atomic E-state index is -0.817. The molecular weight excluding hydrogens is 265 g/mol. The molecule has 0 aromatic heterocycles. The largest absolute Gasteiger partial charge is 0.330 e. The van der Waals surface area contributed by atoms with Crippen molar-refractivity contribution in [2.45, 2.75) is 25.7 Å². The van der Waals surface area contributed by atoms with Gasteiger partial charge in [0.2, 0.25) is 5.91 Å². The van der Waals surface area contributed by atoms with Crippen molar-refractivity contribution in [1.82, 2.24) is 0 Å². The van der Waals surface area contributed by atoms with Crippen LogP contribution in [-0.4, -0.2) is 17.4 Å². The minimum absolute atomic E-state index is 0.162. The normalized spacial score (nSPS) is 16.3. The van der Waals surface area contributed by atoms with Gasteiger partial charge in [-0.15, -0.1) is 0 Å². The third-order valence-corrected chi connectivity index (χ3v) is 3.84. The number of nitrogens with one attached hydrogen (secondary N) is 1. The molecule has 1 amide bonds. The summed E-state index contributed by atoms with van der Waals surface area (Å²) in [6.07, 6.45) is 2.89. The van der Waals surface area contributed by atoms with Crippen LogP contribution in [0.2, 0.25) is 0 Å². The van der Waals surface area contributed by atoms with Crippen LogP contribution < -0.4 is 11.1 Å². The maximum absolute atomic E-state index is 13.6. The predicted octanol–water partition coefficient (Wildman–Crippen LogP) is 2.19. The molecule has 1 aromatic carbocycles. The molecule has 108 valence electrons. The zero-order chi connectivity index (χ0) is 14.8. The summed E-state index contributed by atoms with van der Waals surface area (Å²) in [7, 11) is 0. The molecular formula is C13H16FN3O3. The van der Waals surface area contributed by atoms with Crippen LogP contribution in [0.5, 0.6) is 0 Å². The van der Waals surface area contributed by atoms with Crippen molar-refractivity contribution in [1.29, 1.82) is 0 Å². The first-order valence-electron chi connectivity index (χ1n) is 6.40. The van der Waals surface area contributed by atoms with Gasteiger partial charge in [0, 0.05) is 12.5 Å². The van der Waals surface area contributed by atoms with Crippen molar-refractivity contribution in [2.24, 2.45) is 11.1 Å². The molecule has 0 radical (unpaired) electrons. The van der Waals surface area contributed by atoms with Crippen molar-refractivity contribution < 1.29 is 14.1 Å². The lowest BCUT2D eigenvalue weighted by Gasteiger charge is -2.40. The summed E-state index contributed by atoms with van der Waals surface area (Å²) in [5.41, 5.74) is 4.59. The van der Waals surface area contributed by atoms with Crippen LogP contribution in [-0.2, 0) is 4.79 Å². The van der Waals surface area contributed by atoms with Gasteiger partial charge < -0.3 is 11.1 Å². The fourth-order valence-electron chi connectivity index (χ4n) is 2.44. The topological polar surface area (TPSA) is 98.3 Å². The van der Waals surface area contributed by atoms with Gasteiger partial charge in [0.05, 0.1) is 4.92 Å². The summed E-state index contributed by atoms with van der Waals surface area (Å²) in [4.78, 5) is 22.1. The van der Waals surface area contributed by atoms with E-state index in [0.29, 0.717) is 6.54 Å². The Morgan fingerprint density at radius 3 is 2.70 bits per heavy atom. The molecule has 1 aromatic rings. The van der Waals surface area contributed by atoms with E-state index in [1.54, 1.807) is 0 Å². The van der Waals surface area contributed by atoms with Crippen LogP contribution in [0.15, 0.2) is 18.2 Å². The zero-order valence-electron chi connectivity index (χ0n) is 10.9. The number of anilines is 1. The lowest BCUT2D eigenvalue weighted by atomic mass is 9.66. The number of nitrogens with zero attached hydrogens (tertiary/aromatic N) is 1. The summed E-state index contributed by atoms with van der Waals surface area (Å²) < 4.78 is 13.6. The third kappa shape index (κ3) is 2.77. The summed E-state index contributed by atoms with van der Waals surface area (Å²) in [5, 5.41) is 13.1. The van der Waals surface area contributed by atoms with Gasteiger partial charge in [0.15, 0.2) is 11.5 Å². The van der Waals surface area contributed by atoms with E-state index in [1.165, 1.54) is 6.07 Å². The van der Waals surface area contributed by atoms with E-state index in [-0.39, 0.29) is 17.5 Å². The number of carbonyl (C=O) groups is 1. The van der Waals surface area contributed by atoms with Crippen LogP contribution in [0.3, 0.4) is 0 Å². The van der Waals surface area contributed by atoms with Crippen molar-refractivity contribution in [3.05, 3.63) is 34.1 Å². The van der Waals surface area contributed by atoms with Gasteiger partial charge in [0.25, 0.3) is 5.69 Å². The second kappa shape index (κ2) is 5.54. The second-order valence-electron chi connectivity index (χ2n) is 5.17. The number of amides is 1. The van der Waals surface area contributed by atoms with Gasteiger partial charge in [0.1, 0.15) is 0 Å². The zero-order valence-corrected chi connectivity index (χ0v) is 10.9. The molecule has 6 nitrogen and oxygen atoms in total. The van der Waals surface area contributed by atoms with Crippen LogP contribution in [0.4, 0.5) is 15.8 Å². The van der Waals surface area contributed by atoms with E-state index in [9.17, 15) is 19.3 Å². The highest BCUT2D eigenvalue weighted by atomic mass is 19.1. The van der Waals surface area contributed by atoms with Crippen molar-refractivity contribution in [2.75, 3.05) is 11.9 Å². The number of nitro groups is 1. The molecule has 7 heteroatoms. The number of hydrogen-bond acceptors (Lipinski definition) is 4. The predicted molar refractivity (Wildman–Crippen MR) is 71.6 cm³/mol. The molecule has 0 atom stereocenters. The first kappa shape index (κ1) is 14.4. The Hall–Kier alpha value is -2.02. The standard InChI is InChI=1S/C13H16FN3O3/c14-9-3-1-4-10(17(19)20)12(9)16-11(18)7-13(8-15)5-2-6-13/h1,3-4H,2,5-8,15H2,(H,16,18). The molecule has 0 saturated heterocycles. The fourth-order valence-corrected chi connectivity index (χ4v) is 2.44. The van der Waals surface area contributed by atoms with Crippen LogP contribution in [0.1, 0.15) is 25.7 Å². The smallest absolute Gasteiger partial charge is 0.295 e. The van der Waals surface area contributed by atoms with E-state index in [1.807, 2.05) is 0 Å². The Morgan fingerprint density at radius 1 is 1.50 bits per heavy atom. The number of rotatable bonds is 5. The Bertz CT molecular complexity index is 538. The summed E-state index contributed by atoms with van der Waals surface area (Å²) >= 11 is 0. The molecule has 2 rings (SSSR count). The molecule has 20 heavy (non-hydrogen) atoms. The van der Waals surface area contributed by atoms with E-state index < -0.39 is 22.3 Å². The first-order valence-corrected chi connectivity index (χ1v) is 6.40. The lowest BCUT2D eigenvalue weighted by Crippen LogP contribution is -2.40. The fraction of sp³-hybridized carbons (Fsp3) is 0.462. The Balaban J connectivity index is 2.13. The maximum Gasteiger partial charge on any atom is 0.295 e. The summed E-state index contributed by atoms with van der Waals surface area (Å²) in [6.45, 7) is 0.389. The van der Waals surface area contributed by atoms with Crippen molar-refractivity contribution in [3.63, 3.8) is 0 Å². The molecule has 1 aliphatic rings. The van der Waals surface area contributed by atoms with Crippen LogP contribution in [0.25, 0.3) is 0 Å². The number of halogens is 1. The van der Waals surface area contributed by atoms with E-state index in [0.717, 1.165) is 31.4 Å². The average molecular weight is 281 g/mol. The Kier molecular flexibility index (Phi) is 3.99. The van der Waals surface area contributed by atoms with Gasteiger partial charge >= 0.3 is 0 Å². The van der Waals surface area contributed by atoms with Gasteiger partial charge in [-0.05, 0) is 30.9 Å². The summed E-state index contributed by atoms with van der Waals surface area (Å²) in [5.74, 6) is -1.26. The number of nitro benzene ring substituents is 1. The number of carbonyl (C=O) groups excluding carboxylic acids is 1. The molecule has 0 heterocycles. The maximum atomic E-state index is 13.6. The van der Waals surface area contributed by atoms with Crippen molar-refractivity contribution >= 4 is 17.3 Å². The van der Waals surface area contributed by atoms with Gasteiger partial charge in [-0.25, -0.2) is 4.39 Å². The van der Waals surface area contributed by atoms with Crippen LogP contribution >= 0.6 is 0 Å². The second-order valence-corrected chi connectivity index (χ2v) is 5.17. The van der Waals surface area contributed by atoms with E-state index in [2.05, 4.69) is 5.32 Å². The Labute approximate surface area is 115 Å². The van der Waals surface area contributed by atoms with Crippen molar-refractivity contribution in [3.8, 4) is 0 Å². The molecule has 1 fully saturated rings. The summed E-state index contributed by atoms with van der Waals surface area (Å²) in [6, 6.07) is 3.46. The SMILES string of the molecule is NCC1(CC(=O)Nc2c(F)cccc2[N+](=O)[O-])CCC1.